The van der Waals surface area contributed by atoms with Crippen molar-refractivity contribution in [2.45, 2.75) is 0 Å². The van der Waals surface area contributed by atoms with Crippen molar-refractivity contribution in [2.24, 2.45) is 0 Å². The monoisotopic (exact) mass is 553 g/mol. The van der Waals surface area contributed by atoms with Gasteiger partial charge in [0.15, 0.2) is 0 Å². The summed E-state index contributed by atoms with van der Waals surface area (Å²) in [6.07, 6.45) is 5.96. The average molecular weight is 553 g/mol. The van der Waals surface area contributed by atoms with Gasteiger partial charge in [0.05, 0.1) is 16.6 Å². The van der Waals surface area contributed by atoms with Crippen molar-refractivity contribution in [1.29, 1.82) is 0 Å². The number of benzene rings is 1. The predicted molar refractivity (Wildman–Crippen MR) is 115 cm³/mol. The fourth-order valence-electron chi connectivity index (χ4n) is 3.61. The normalized spacial score (nSPS) is 12.3. The summed E-state index contributed by atoms with van der Waals surface area (Å²) in [5.41, 5.74) is 6.07. The van der Waals surface area contributed by atoms with E-state index in [0.717, 1.165) is 55.3 Å². The van der Waals surface area contributed by atoms with E-state index in [4.69, 9.17) is 20.3 Å². The molecule has 0 fully saturated rings. The number of allylic oxidation sites excluding steroid dienone is 1. The van der Waals surface area contributed by atoms with E-state index in [0.29, 0.717) is 0 Å². The standard InChI is InChI=1S/C24H14N4.Pt/c1-3-17-13-19-11-9-15-7-8-16-10-12-20(28-24(16)23(15)27-19)14-18-4-2-6-22(26-18)21(5-1)25-17;/h1-14H;/q-2;+2. The first kappa shape index (κ1) is 17.8. The molecule has 4 nitrogen and oxygen atoms in total. The molecule has 0 aliphatic carbocycles. The minimum absolute atomic E-state index is 0. The van der Waals surface area contributed by atoms with E-state index in [1.807, 2.05) is 60.7 Å². The summed E-state index contributed by atoms with van der Waals surface area (Å²) < 4.78 is 0. The number of hydrogen-bond acceptors (Lipinski definition) is 2. The van der Waals surface area contributed by atoms with Crippen LogP contribution in [0.1, 0.15) is 5.69 Å². The van der Waals surface area contributed by atoms with Gasteiger partial charge in [-0.25, -0.2) is 4.98 Å². The van der Waals surface area contributed by atoms with Gasteiger partial charge in [0.25, 0.3) is 0 Å². The van der Waals surface area contributed by atoms with Crippen LogP contribution in [0.3, 0.4) is 0 Å². The molecule has 3 aliphatic heterocycles. The van der Waals surface area contributed by atoms with Gasteiger partial charge in [-0.15, -0.1) is 22.4 Å². The Labute approximate surface area is 181 Å². The van der Waals surface area contributed by atoms with Gasteiger partial charge in [0, 0.05) is 5.52 Å². The fourth-order valence-corrected chi connectivity index (χ4v) is 3.61. The van der Waals surface area contributed by atoms with Crippen LogP contribution in [-0.2, 0) is 21.1 Å². The molecule has 3 aromatic rings. The molecule has 29 heavy (non-hydrogen) atoms. The number of hydrogen-bond donors (Lipinski definition) is 0. The zero-order valence-electron chi connectivity index (χ0n) is 15.2. The minimum Gasteiger partial charge on any atom is -0.656 e. The van der Waals surface area contributed by atoms with Crippen molar-refractivity contribution in [2.75, 3.05) is 0 Å². The van der Waals surface area contributed by atoms with Gasteiger partial charge in [0.2, 0.25) is 0 Å². The van der Waals surface area contributed by atoms with Crippen LogP contribution in [0.4, 0.5) is 11.4 Å². The van der Waals surface area contributed by atoms with Gasteiger partial charge in [-0.1, -0.05) is 66.8 Å². The molecule has 1 aromatic carbocycles. The second-order valence-electron chi connectivity index (χ2n) is 6.87. The van der Waals surface area contributed by atoms with Crippen LogP contribution >= 0.6 is 0 Å². The molecule has 6 rings (SSSR count). The Bertz CT molecular complexity index is 1500. The Morgan fingerprint density at radius 2 is 1.59 bits per heavy atom. The summed E-state index contributed by atoms with van der Waals surface area (Å²) in [6.45, 7) is 0. The first-order chi connectivity index (χ1) is 13.8. The van der Waals surface area contributed by atoms with Crippen LogP contribution in [0.25, 0.3) is 50.3 Å². The topological polar surface area (TPSA) is 54.0 Å². The van der Waals surface area contributed by atoms with E-state index in [9.17, 15) is 0 Å². The van der Waals surface area contributed by atoms with Crippen molar-refractivity contribution in [1.82, 2.24) is 15.0 Å². The summed E-state index contributed by atoms with van der Waals surface area (Å²) in [7, 11) is 0. The van der Waals surface area contributed by atoms with E-state index in [-0.39, 0.29) is 21.1 Å². The summed E-state index contributed by atoms with van der Waals surface area (Å²) >= 11 is 0. The van der Waals surface area contributed by atoms with Crippen molar-refractivity contribution in [3.05, 3.63) is 89.2 Å². The van der Waals surface area contributed by atoms with Gasteiger partial charge in [-0.2, -0.15) is 0 Å². The summed E-state index contributed by atoms with van der Waals surface area (Å²) in [5, 5.41) is 7.87. The number of nitrogens with zero attached hydrogens (tertiary/aromatic N) is 4. The second-order valence-corrected chi connectivity index (χ2v) is 6.87. The van der Waals surface area contributed by atoms with Crippen LogP contribution in [0, 0.1) is 0 Å². The van der Waals surface area contributed by atoms with E-state index in [1.165, 1.54) is 0 Å². The Morgan fingerprint density at radius 3 is 2.55 bits per heavy atom. The molecule has 0 radical (unpaired) electrons. The van der Waals surface area contributed by atoms with Crippen molar-refractivity contribution in [3.8, 4) is 0 Å². The maximum atomic E-state index is 4.89. The molecule has 0 unspecified atom stereocenters. The fraction of sp³-hybridized carbons (Fsp3) is 0. The molecule has 5 heteroatoms. The average Bonchev–Trinajstić information content (AvgIpc) is 2.73. The third-order valence-electron chi connectivity index (χ3n) is 4.96. The number of fused-ring (bicyclic) bond motifs is 7. The van der Waals surface area contributed by atoms with Crippen LogP contribution in [0.15, 0.2) is 72.8 Å². The Kier molecular flexibility index (Phi) is 4.29. The molecule has 0 spiro atoms. The summed E-state index contributed by atoms with van der Waals surface area (Å²) in [6, 6.07) is 22.3. The van der Waals surface area contributed by atoms with Crippen molar-refractivity contribution in [3.63, 3.8) is 0 Å². The molecule has 5 heterocycles. The molecule has 2 aromatic heterocycles. The SMILES string of the molecule is C1=Cc2cc3ccc4ccc5ccc(cc6cccc(n6)c([n-]2)=C1)[N-]c5c4n3.[Pt+2]. The maximum absolute atomic E-state index is 4.89. The molecule has 0 N–H and O–H groups in total. The van der Waals surface area contributed by atoms with Crippen LogP contribution in [0.5, 0.6) is 0 Å². The van der Waals surface area contributed by atoms with Crippen LogP contribution < -0.4 is 10.3 Å². The molecule has 140 valence electrons. The minimum atomic E-state index is 0. The van der Waals surface area contributed by atoms with Gasteiger partial charge in [0.1, 0.15) is 0 Å². The van der Waals surface area contributed by atoms with Crippen molar-refractivity contribution < 1.29 is 21.1 Å². The van der Waals surface area contributed by atoms with E-state index >= 15 is 0 Å². The predicted octanol–water partition coefficient (Wildman–Crippen LogP) is 5.32. The van der Waals surface area contributed by atoms with E-state index < -0.39 is 0 Å². The van der Waals surface area contributed by atoms with Gasteiger partial charge in [-0.3, -0.25) is 4.98 Å². The van der Waals surface area contributed by atoms with Crippen LogP contribution in [0.2, 0.25) is 0 Å². The second kappa shape index (κ2) is 6.98. The van der Waals surface area contributed by atoms with Gasteiger partial charge >= 0.3 is 21.1 Å². The Hall–Kier alpha value is -3.23. The molecule has 3 aliphatic rings. The molecular formula is C24H14N4Pt. The third-order valence-corrected chi connectivity index (χ3v) is 4.96. The maximum Gasteiger partial charge on any atom is 2.00 e. The first-order valence-electron chi connectivity index (χ1n) is 9.16. The summed E-state index contributed by atoms with van der Waals surface area (Å²) in [4.78, 5) is 14.4. The number of rotatable bonds is 0. The summed E-state index contributed by atoms with van der Waals surface area (Å²) in [5.74, 6) is 0. The van der Waals surface area contributed by atoms with E-state index in [2.05, 4.69) is 24.3 Å². The Morgan fingerprint density at radius 1 is 0.759 bits per heavy atom. The molecule has 0 saturated carbocycles. The van der Waals surface area contributed by atoms with Gasteiger partial charge < -0.3 is 10.3 Å². The third kappa shape index (κ3) is 3.16. The zero-order valence-corrected chi connectivity index (χ0v) is 17.5. The van der Waals surface area contributed by atoms with Crippen molar-refractivity contribution >= 4 is 56.4 Å². The van der Waals surface area contributed by atoms with E-state index in [1.54, 1.807) is 0 Å². The first-order valence-corrected chi connectivity index (χ1v) is 9.16. The van der Waals surface area contributed by atoms with Gasteiger partial charge in [-0.05, 0) is 29.0 Å². The number of aromatic nitrogens is 3. The zero-order chi connectivity index (χ0) is 18.5. The molecular weight excluding hydrogens is 539 g/mol. The van der Waals surface area contributed by atoms with Crippen LogP contribution in [-0.4, -0.2) is 9.97 Å². The quantitative estimate of drug-likeness (QED) is 0.261. The molecule has 0 saturated heterocycles. The smallest absolute Gasteiger partial charge is 0.656 e. The number of pyridine rings is 2. The molecule has 0 atom stereocenters. The molecule has 8 bridgehead atoms. The molecule has 0 amide bonds. The Balaban J connectivity index is 0.00000181. The largest absolute Gasteiger partial charge is 2.00 e.